The van der Waals surface area contributed by atoms with E-state index in [0.29, 0.717) is 13.0 Å². The van der Waals surface area contributed by atoms with Gasteiger partial charge in [0.1, 0.15) is 6.54 Å². The molecular weight excluding hydrogens is 241 g/mol. The third kappa shape index (κ3) is 4.25. The number of nitrogens with zero attached hydrogens (tertiary/aromatic N) is 1. The molecule has 0 atom stereocenters. The molecule has 1 fully saturated rings. The van der Waals surface area contributed by atoms with Crippen LogP contribution in [-0.2, 0) is 19.0 Å². The molecule has 1 aliphatic heterocycles. The first-order valence-electron chi connectivity index (χ1n) is 5.62. The van der Waals surface area contributed by atoms with E-state index < -0.39 is 12.6 Å². The van der Waals surface area contributed by atoms with Gasteiger partial charge < -0.3 is 4.57 Å². The van der Waals surface area contributed by atoms with Crippen molar-refractivity contribution in [2.75, 3.05) is 32.6 Å². The molecule has 1 saturated heterocycles. The van der Waals surface area contributed by atoms with Gasteiger partial charge in [-0.15, -0.1) is 0 Å². The minimum atomic E-state index is -2.38. The molecule has 0 aromatic carbocycles. The summed E-state index contributed by atoms with van der Waals surface area (Å²) in [4.78, 5) is 28.7. The highest BCUT2D eigenvalue weighted by Gasteiger charge is 2.37. The highest BCUT2D eigenvalue weighted by atomic mass is 31.2. The first-order valence-corrected chi connectivity index (χ1v) is 8.41. The fraction of sp³-hybridized carbons (Fsp3) is 0.818. The Morgan fingerprint density at radius 1 is 1.47 bits per heavy atom. The normalized spacial score (nSPS) is 20.5. The number of ketones is 1. The van der Waals surface area contributed by atoms with Crippen LogP contribution in [0.2, 0.25) is 0 Å². The largest absolute Gasteiger partial charge is 0.324 e. The Morgan fingerprint density at radius 2 is 2.06 bits per heavy atom. The summed E-state index contributed by atoms with van der Waals surface area (Å²) in [6, 6.07) is 0. The van der Waals surface area contributed by atoms with Crippen LogP contribution in [0.5, 0.6) is 0 Å². The summed E-state index contributed by atoms with van der Waals surface area (Å²) in [6.07, 6.45) is 0.664. The lowest BCUT2D eigenvalue weighted by molar-refractivity contribution is -0.214. The molecule has 0 aromatic rings. The van der Waals surface area contributed by atoms with Crippen molar-refractivity contribution in [3.8, 4) is 0 Å². The number of rotatable bonds is 4. The summed E-state index contributed by atoms with van der Waals surface area (Å²) in [7, 11) is -2.38. The average molecular weight is 261 g/mol. The zero-order chi connectivity index (χ0) is 13.3. The lowest BCUT2D eigenvalue weighted by atomic mass is 9.87. The number of carbonyl (C=O) groups is 2. The molecule has 1 amide bonds. The molecule has 0 bridgehead atoms. The van der Waals surface area contributed by atoms with Gasteiger partial charge in [0.25, 0.3) is 5.91 Å². The first-order chi connectivity index (χ1) is 7.62. The van der Waals surface area contributed by atoms with Gasteiger partial charge in [-0.2, -0.15) is 0 Å². The van der Waals surface area contributed by atoms with Crippen LogP contribution in [0.15, 0.2) is 0 Å². The van der Waals surface area contributed by atoms with E-state index in [-0.39, 0.29) is 24.4 Å². The SMILES string of the molecule is CC1(C)CCON(CC(=O)CP(C)(C)=O)C1=O. The van der Waals surface area contributed by atoms with Gasteiger partial charge in [-0.1, -0.05) is 13.8 Å². The van der Waals surface area contributed by atoms with E-state index in [1.54, 1.807) is 13.3 Å². The zero-order valence-electron chi connectivity index (χ0n) is 10.9. The maximum absolute atomic E-state index is 11.9. The van der Waals surface area contributed by atoms with Gasteiger partial charge in [0.05, 0.1) is 19.9 Å². The van der Waals surface area contributed by atoms with Gasteiger partial charge in [-0.25, -0.2) is 5.06 Å². The van der Waals surface area contributed by atoms with Crippen LogP contribution in [0, 0.1) is 5.41 Å². The monoisotopic (exact) mass is 261 g/mol. The second-order valence-electron chi connectivity index (χ2n) is 5.58. The van der Waals surface area contributed by atoms with Crippen molar-refractivity contribution in [3.63, 3.8) is 0 Å². The van der Waals surface area contributed by atoms with Crippen LogP contribution in [0.3, 0.4) is 0 Å². The smallest absolute Gasteiger partial charge is 0.252 e. The Labute approximate surface area is 102 Å². The van der Waals surface area contributed by atoms with Crippen LogP contribution >= 0.6 is 7.14 Å². The summed E-state index contributed by atoms with van der Waals surface area (Å²) in [5.41, 5.74) is -0.485. The van der Waals surface area contributed by atoms with Gasteiger partial charge in [0.2, 0.25) is 0 Å². The molecule has 17 heavy (non-hydrogen) atoms. The Balaban J connectivity index is 2.60. The van der Waals surface area contributed by atoms with Crippen LogP contribution in [0.1, 0.15) is 20.3 Å². The molecular formula is C11H20NO4P. The van der Waals surface area contributed by atoms with E-state index in [1.165, 1.54) is 0 Å². The van der Waals surface area contributed by atoms with Crippen molar-refractivity contribution in [1.82, 2.24) is 5.06 Å². The molecule has 0 unspecified atom stereocenters. The highest BCUT2D eigenvalue weighted by Crippen LogP contribution is 2.35. The predicted octanol–water partition coefficient (Wildman–Crippen LogP) is 1.37. The first kappa shape index (κ1) is 14.4. The molecule has 6 heteroatoms. The Morgan fingerprint density at radius 3 is 2.59 bits per heavy atom. The van der Waals surface area contributed by atoms with E-state index in [4.69, 9.17) is 4.84 Å². The topological polar surface area (TPSA) is 63.7 Å². The molecule has 1 aliphatic rings. The van der Waals surface area contributed by atoms with E-state index in [0.717, 1.165) is 5.06 Å². The maximum atomic E-state index is 11.9. The lowest BCUT2D eigenvalue weighted by Gasteiger charge is -2.35. The summed E-state index contributed by atoms with van der Waals surface area (Å²) in [5.74, 6) is -0.400. The molecule has 98 valence electrons. The fourth-order valence-corrected chi connectivity index (χ4v) is 2.62. The van der Waals surface area contributed by atoms with Crippen molar-refractivity contribution >= 4 is 18.8 Å². The van der Waals surface area contributed by atoms with Crippen molar-refractivity contribution < 1.29 is 19.0 Å². The lowest BCUT2D eigenvalue weighted by Crippen LogP contribution is -2.48. The number of amides is 1. The number of hydroxylamine groups is 2. The van der Waals surface area contributed by atoms with Crippen LogP contribution in [-0.4, -0.2) is 49.4 Å². The molecule has 0 spiro atoms. The molecule has 0 N–H and O–H groups in total. The molecule has 5 nitrogen and oxygen atoms in total. The van der Waals surface area contributed by atoms with E-state index in [2.05, 4.69) is 0 Å². The van der Waals surface area contributed by atoms with Crippen molar-refractivity contribution in [2.24, 2.45) is 5.41 Å². The van der Waals surface area contributed by atoms with Crippen molar-refractivity contribution in [1.29, 1.82) is 0 Å². The van der Waals surface area contributed by atoms with Gasteiger partial charge in [0, 0.05) is 5.41 Å². The number of hydrogen-bond acceptors (Lipinski definition) is 4. The minimum Gasteiger partial charge on any atom is -0.324 e. The average Bonchev–Trinajstić information content (AvgIpc) is 2.09. The van der Waals surface area contributed by atoms with E-state index in [1.807, 2.05) is 13.8 Å². The summed E-state index contributed by atoms with van der Waals surface area (Å²) in [5, 5.41) is 1.11. The van der Waals surface area contributed by atoms with Crippen LogP contribution in [0.25, 0.3) is 0 Å². The summed E-state index contributed by atoms with van der Waals surface area (Å²) in [6.45, 7) is 7.12. The van der Waals surface area contributed by atoms with Crippen LogP contribution < -0.4 is 0 Å². The van der Waals surface area contributed by atoms with Gasteiger partial charge in [-0.05, 0) is 19.8 Å². The number of carbonyl (C=O) groups excluding carboxylic acids is 2. The quantitative estimate of drug-likeness (QED) is 0.717. The Kier molecular flexibility index (Phi) is 4.15. The molecule has 0 saturated carbocycles. The van der Waals surface area contributed by atoms with Gasteiger partial charge in [-0.3, -0.25) is 14.4 Å². The fourth-order valence-electron chi connectivity index (χ4n) is 1.67. The maximum Gasteiger partial charge on any atom is 0.252 e. The standard InChI is InChI=1S/C11H20NO4P/c1-11(2)5-6-16-12(10(11)14)7-9(13)8-17(3,4)15/h5-8H2,1-4H3. The van der Waals surface area contributed by atoms with E-state index >= 15 is 0 Å². The van der Waals surface area contributed by atoms with Gasteiger partial charge >= 0.3 is 0 Å². The predicted molar refractivity (Wildman–Crippen MR) is 65.4 cm³/mol. The van der Waals surface area contributed by atoms with Crippen molar-refractivity contribution in [3.05, 3.63) is 0 Å². The molecule has 0 aliphatic carbocycles. The highest BCUT2D eigenvalue weighted by molar-refractivity contribution is 7.63. The molecule has 0 radical (unpaired) electrons. The minimum absolute atomic E-state index is 0.0145. The third-order valence-corrected chi connectivity index (χ3v) is 3.77. The second-order valence-corrected chi connectivity index (χ2v) is 9.04. The Hall–Kier alpha value is -0.670. The number of hydrogen-bond donors (Lipinski definition) is 0. The number of Topliss-reactive ketones (excluding diaryl/α,β-unsaturated/α-hetero) is 1. The molecule has 0 aromatic heterocycles. The summed E-state index contributed by atoms with van der Waals surface area (Å²) < 4.78 is 11.5. The third-order valence-electron chi connectivity index (χ3n) is 2.66. The zero-order valence-corrected chi connectivity index (χ0v) is 11.8. The van der Waals surface area contributed by atoms with E-state index in [9.17, 15) is 14.2 Å². The molecule has 1 rings (SSSR count). The molecule has 1 heterocycles. The van der Waals surface area contributed by atoms with Gasteiger partial charge in [0.15, 0.2) is 5.78 Å². The Bertz CT molecular complexity index is 372. The van der Waals surface area contributed by atoms with Crippen LogP contribution in [0.4, 0.5) is 0 Å². The van der Waals surface area contributed by atoms with Crippen molar-refractivity contribution in [2.45, 2.75) is 20.3 Å². The second kappa shape index (κ2) is 4.91. The summed E-state index contributed by atoms with van der Waals surface area (Å²) >= 11 is 0.